The fourth-order valence-electron chi connectivity index (χ4n) is 2.53. The van der Waals surface area contributed by atoms with Crippen LogP contribution in [0.5, 0.6) is 0 Å². The Balaban J connectivity index is 1.83. The molecule has 3 nitrogen and oxygen atoms in total. The zero-order chi connectivity index (χ0) is 13.0. The lowest BCUT2D eigenvalue weighted by Gasteiger charge is -2.26. The average molecular weight is 246 g/mol. The molecule has 98 valence electrons. The average Bonchev–Trinajstić information content (AvgIpc) is 2.36. The minimum Gasteiger partial charge on any atom is -0.399 e. The van der Waals surface area contributed by atoms with Crippen LogP contribution in [0.15, 0.2) is 30.9 Å². The first-order chi connectivity index (χ1) is 8.67. The zero-order valence-corrected chi connectivity index (χ0v) is 10.8. The number of hydrogen-bond donors (Lipinski definition) is 2. The maximum Gasteiger partial charge on any atom is 0.0722 e. The van der Waals surface area contributed by atoms with E-state index in [1.807, 2.05) is 12.1 Å². The van der Waals surface area contributed by atoms with E-state index in [1.165, 1.54) is 12.8 Å². The highest BCUT2D eigenvalue weighted by Gasteiger charge is 2.19. The molecule has 4 N–H and O–H groups in total. The summed E-state index contributed by atoms with van der Waals surface area (Å²) < 4.78 is 5.93. The second-order valence-electron chi connectivity index (χ2n) is 5.09. The van der Waals surface area contributed by atoms with Crippen molar-refractivity contribution in [2.75, 3.05) is 11.5 Å². The van der Waals surface area contributed by atoms with Gasteiger partial charge in [-0.3, -0.25) is 0 Å². The van der Waals surface area contributed by atoms with Crippen molar-refractivity contribution in [3.63, 3.8) is 0 Å². The normalized spacial score (nSPS) is 23.8. The van der Waals surface area contributed by atoms with Crippen molar-refractivity contribution in [1.29, 1.82) is 0 Å². The molecule has 0 heterocycles. The molecular formula is C15H22N2O. The third kappa shape index (κ3) is 3.50. The molecule has 0 atom stereocenters. The Hall–Kier alpha value is -1.48. The predicted octanol–water partition coefficient (Wildman–Crippen LogP) is 3.11. The molecule has 0 aliphatic heterocycles. The number of nitrogens with two attached hydrogens (primary N) is 2. The number of nitrogen functional groups attached to an aromatic ring is 2. The van der Waals surface area contributed by atoms with Crippen molar-refractivity contribution in [1.82, 2.24) is 0 Å². The summed E-state index contributed by atoms with van der Waals surface area (Å²) in [6, 6.07) is 5.61. The van der Waals surface area contributed by atoms with Crippen molar-refractivity contribution in [3.05, 3.63) is 36.4 Å². The zero-order valence-electron chi connectivity index (χ0n) is 10.8. The highest BCUT2D eigenvalue weighted by molar-refractivity contribution is 5.54. The predicted molar refractivity (Wildman–Crippen MR) is 76.0 cm³/mol. The molecule has 0 saturated heterocycles. The van der Waals surface area contributed by atoms with Gasteiger partial charge in [-0.1, -0.05) is 6.08 Å². The van der Waals surface area contributed by atoms with Crippen LogP contribution in [0.4, 0.5) is 11.4 Å². The van der Waals surface area contributed by atoms with Gasteiger partial charge < -0.3 is 16.2 Å². The summed E-state index contributed by atoms with van der Waals surface area (Å²) in [5.41, 5.74) is 14.0. The Labute approximate surface area is 109 Å². The molecule has 2 rings (SSSR count). The van der Waals surface area contributed by atoms with Crippen LogP contribution in [0, 0.1) is 5.92 Å². The summed E-state index contributed by atoms with van der Waals surface area (Å²) in [4.78, 5) is 0. The quantitative estimate of drug-likeness (QED) is 0.634. The third-order valence-electron chi connectivity index (χ3n) is 3.58. The highest BCUT2D eigenvalue weighted by Crippen LogP contribution is 2.27. The van der Waals surface area contributed by atoms with Crippen LogP contribution in [0.2, 0.25) is 0 Å². The Morgan fingerprint density at radius 2 is 1.72 bits per heavy atom. The number of hydrogen-bond acceptors (Lipinski definition) is 3. The van der Waals surface area contributed by atoms with E-state index in [1.54, 1.807) is 6.07 Å². The van der Waals surface area contributed by atoms with Gasteiger partial charge in [0, 0.05) is 11.4 Å². The van der Waals surface area contributed by atoms with E-state index in [-0.39, 0.29) is 0 Å². The van der Waals surface area contributed by atoms with Crippen molar-refractivity contribution in [3.8, 4) is 0 Å². The Kier molecular flexibility index (Phi) is 4.26. The number of anilines is 2. The monoisotopic (exact) mass is 246 g/mol. The number of ether oxygens (including phenoxy) is 1. The van der Waals surface area contributed by atoms with Gasteiger partial charge in [-0.2, -0.15) is 0 Å². The van der Waals surface area contributed by atoms with Crippen LogP contribution < -0.4 is 11.5 Å². The van der Waals surface area contributed by atoms with E-state index in [0.717, 1.165) is 18.4 Å². The maximum absolute atomic E-state index is 5.93. The molecule has 0 spiro atoms. The van der Waals surface area contributed by atoms with E-state index in [9.17, 15) is 0 Å². The van der Waals surface area contributed by atoms with Gasteiger partial charge in [-0.05, 0) is 55.4 Å². The summed E-state index contributed by atoms with van der Waals surface area (Å²) >= 11 is 0. The fourth-order valence-corrected chi connectivity index (χ4v) is 2.53. The molecule has 1 aromatic carbocycles. The van der Waals surface area contributed by atoms with Gasteiger partial charge in [0.1, 0.15) is 0 Å². The molecule has 1 saturated carbocycles. The van der Waals surface area contributed by atoms with Crippen LogP contribution >= 0.6 is 0 Å². The van der Waals surface area contributed by atoms with Gasteiger partial charge in [0.25, 0.3) is 0 Å². The minimum atomic E-state index is 0.365. The van der Waals surface area contributed by atoms with Crippen LogP contribution in [0.25, 0.3) is 0 Å². The molecule has 1 aromatic rings. The summed E-state index contributed by atoms with van der Waals surface area (Å²) in [6.45, 7) is 4.45. The Bertz CT molecular complexity index is 389. The van der Waals surface area contributed by atoms with E-state index in [4.69, 9.17) is 16.2 Å². The minimum absolute atomic E-state index is 0.365. The molecule has 0 aromatic heterocycles. The Morgan fingerprint density at radius 1 is 1.11 bits per heavy atom. The van der Waals surface area contributed by atoms with Crippen LogP contribution in [-0.4, -0.2) is 6.10 Å². The largest absolute Gasteiger partial charge is 0.399 e. The summed E-state index contributed by atoms with van der Waals surface area (Å²) in [5.74, 6) is 0.674. The third-order valence-corrected chi connectivity index (χ3v) is 3.58. The lowest BCUT2D eigenvalue weighted by atomic mass is 9.87. The first-order valence-corrected chi connectivity index (χ1v) is 6.56. The van der Waals surface area contributed by atoms with Crippen LogP contribution in [0.3, 0.4) is 0 Å². The van der Waals surface area contributed by atoms with Gasteiger partial charge >= 0.3 is 0 Å². The smallest absolute Gasteiger partial charge is 0.0722 e. The molecule has 0 amide bonds. The molecule has 0 unspecified atom stereocenters. The van der Waals surface area contributed by atoms with Gasteiger partial charge in [0.15, 0.2) is 0 Å². The van der Waals surface area contributed by atoms with Gasteiger partial charge in [0.05, 0.1) is 12.7 Å². The summed E-state index contributed by atoms with van der Waals surface area (Å²) in [7, 11) is 0. The molecule has 3 heteroatoms. The first-order valence-electron chi connectivity index (χ1n) is 6.56. The molecule has 1 aliphatic rings. The van der Waals surface area contributed by atoms with Gasteiger partial charge in [-0.15, -0.1) is 6.58 Å². The van der Waals surface area contributed by atoms with Crippen molar-refractivity contribution in [2.45, 2.75) is 38.4 Å². The SMILES string of the molecule is C=CC1CCC(OCc2cc(N)cc(N)c2)CC1. The molecule has 0 bridgehead atoms. The van der Waals surface area contributed by atoms with Crippen molar-refractivity contribution in [2.24, 2.45) is 5.92 Å². The Morgan fingerprint density at radius 3 is 2.28 bits per heavy atom. The molecule has 1 fully saturated rings. The van der Waals surface area contributed by atoms with Gasteiger partial charge in [-0.25, -0.2) is 0 Å². The van der Waals surface area contributed by atoms with E-state index in [0.29, 0.717) is 30.0 Å². The second-order valence-corrected chi connectivity index (χ2v) is 5.09. The van der Waals surface area contributed by atoms with Crippen molar-refractivity contribution >= 4 is 11.4 Å². The summed E-state index contributed by atoms with van der Waals surface area (Å²) in [6.07, 6.45) is 7.04. The number of rotatable bonds is 4. The van der Waals surface area contributed by atoms with E-state index >= 15 is 0 Å². The lowest BCUT2D eigenvalue weighted by molar-refractivity contribution is 0.0111. The second kappa shape index (κ2) is 5.91. The summed E-state index contributed by atoms with van der Waals surface area (Å²) in [5, 5.41) is 0. The molecule has 0 radical (unpaired) electrons. The van der Waals surface area contributed by atoms with E-state index in [2.05, 4.69) is 12.7 Å². The van der Waals surface area contributed by atoms with Crippen LogP contribution in [-0.2, 0) is 11.3 Å². The first kappa shape index (κ1) is 13.0. The molecular weight excluding hydrogens is 224 g/mol. The topological polar surface area (TPSA) is 61.3 Å². The van der Waals surface area contributed by atoms with E-state index < -0.39 is 0 Å². The fraction of sp³-hybridized carbons (Fsp3) is 0.467. The maximum atomic E-state index is 5.93. The van der Waals surface area contributed by atoms with Gasteiger partial charge in [0.2, 0.25) is 0 Å². The van der Waals surface area contributed by atoms with Crippen LogP contribution in [0.1, 0.15) is 31.2 Å². The number of benzene rings is 1. The standard InChI is InChI=1S/C15H22N2O/c1-2-11-3-5-15(6-4-11)18-10-12-7-13(16)9-14(17)8-12/h2,7-9,11,15H,1,3-6,10,16-17H2. The van der Waals surface area contributed by atoms with Crippen molar-refractivity contribution < 1.29 is 4.74 Å². The number of allylic oxidation sites excluding steroid dienone is 1. The lowest BCUT2D eigenvalue weighted by Crippen LogP contribution is -2.20. The highest BCUT2D eigenvalue weighted by atomic mass is 16.5. The molecule has 1 aliphatic carbocycles. The molecule has 18 heavy (non-hydrogen) atoms.